The normalized spacial score (nSPS) is 40.5. The van der Waals surface area contributed by atoms with Crippen molar-refractivity contribution in [2.75, 3.05) is 79.8 Å². The summed E-state index contributed by atoms with van der Waals surface area (Å²) in [6, 6.07) is 0. The van der Waals surface area contributed by atoms with Crippen molar-refractivity contribution in [3.05, 3.63) is 23.3 Å². The molecule has 0 saturated heterocycles. The van der Waals surface area contributed by atoms with Gasteiger partial charge in [0.1, 0.15) is 26.2 Å². The summed E-state index contributed by atoms with van der Waals surface area (Å²) in [6.07, 6.45) is 37.1. The number of rotatable bonds is 26. The van der Waals surface area contributed by atoms with Crippen LogP contribution in [0.15, 0.2) is 23.3 Å². The van der Waals surface area contributed by atoms with Gasteiger partial charge in [-0.3, -0.25) is 0 Å². The number of likely N-dealkylation sites (N-methyl/N-ethyl adjacent to an activating group) is 2. The lowest BCUT2D eigenvalue weighted by Crippen LogP contribution is -2.53. The van der Waals surface area contributed by atoms with E-state index in [9.17, 15) is 10.2 Å². The van der Waals surface area contributed by atoms with Crippen LogP contribution < -0.4 is 0 Å². The molecule has 0 aliphatic heterocycles. The monoisotopic (exact) mass is 1020 g/mol. The Morgan fingerprint density at radius 3 is 1.29 bits per heavy atom. The van der Waals surface area contributed by atoms with Crippen LogP contribution >= 0.6 is 0 Å². The number of hydrogen-bond acceptors (Lipinski definition) is 4. The third kappa shape index (κ3) is 12.5. The molecule has 0 heterocycles. The number of quaternary nitrogens is 2. The van der Waals surface area contributed by atoms with Crippen molar-refractivity contribution in [2.45, 2.75) is 229 Å². The minimum atomic E-state index is 0.207. The average molecular weight is 1020 g/mol. The molecule has 0 spiro atoms. The van der Waals surface area contributed by atoms with Gasteiger partial charge in [-0.05, 0) is 195 Å². The lowest BCUT2D eigenvalue weighted by molar-refractivity contribution is -0.928. The highest BCUT2D eigenvalue weighted by Crippen LogP contribution is 2.69. The molecule has 8 rings (SSSR count). The second kappa shape index (κ2) is 24.3. The van der Waals surface area contributed by atoms with E-state index in [-0.39, 0.29) is 13.2 Å². The first-order chi connectivity index (χ1) is 34.7. The first-order valence-electron chi connectivity index (χ1n) is 32.2. The fraction of sp³-hybridized carbons (Fsp3) is 0.940. The van der Waals surface area contributed by atoms with Gasteiger partial charge in [0.25, 0.3) is 0 Å². The molecule has 8 aliphatic rings. The Kier molecular flexibility index (Phi) is 19.4. The van der Waals surface area contributed by atoms with E-state index in [0.29, 0.717) is 33.9 Å². The van der Waals surface area contributed by atoms with Gasteiger partial charge in [0.15, 0.2) is 0 Å². The molecule has 8 aliphatic carbocycles. The van der Waals surface area contributed by atoms with E-state index in [1.807, 2.05) is 0 Å². The molecule has 0 aromatic carbocycles. The SMILES string of the molecule is CC(C)CCC[C@@H](C)[C@H]1CC[C@H]2[C@@H]3CC=C4C[C@@H](OCC[N+](C)(CCO)CCC[N+](C)(CCO)CCO[C@H]5CC[C@@]6(C)C(=CC[C@H]7[C@@H]8CC[C@H]([C@H](C)CCCC(C)C)[C@@]8(C)CC[C@@H]76)C5)CC[C@]4(C)[C@H]3CC[C@]12C. The Labute approximate surface area is 451 Å². The van der Waals surface area contributed by atoms with E-state index in [2.05, 4.69) is 95.5 Å². The summed E-state index contributed by atoms with van der Waals surface area (Å²) in [5.74, 6) is 10.5. The third-order valence-corrected chi connectivity index (χ3v) is 25.2. The Bertz CT molecular complexity index is 1700. The fourth-order valence-electron chi connectivity index (χ4n) is 20.5. The summed E-state index contributed by atoms with van der Waals surface area (Å²) >= 11 is 0. The molecule has 6 heteroatoms. The number of aliphatic hydroxyl groups excluding tert-OH is 2. The highest BCUT2D eigenvalue weighted by atomic mass is 16.5. The van der Waals surface area contributed by atoms with Crippen molar-refractivity contribution < 1.29 is 28.7 Å². The number of fused-ring (bicyclic) bond motifs is 10. The Morgan fingerprint density at radius 2 is 0.904 bits per heavy atom. The summed E-state index contributed by atoms with van der Waals surface area (Å²) in [6.45, 7) is 33.0. The van der Waals surface area contributed by atoms with Crippen molar-refractivity contribution in [3.8, 4) is 0 Å². The highest BCUT2D eigenvalue weighted by Gasteiger charge is 2.61. The molecule has 6 saturated carbocycles. The smallest absolute Gasteiger partial charge is 0.102 e. The van der Waals surface area contributed by atoms with Crippen LogP contribution in [0, 0.1) is 92.7 Å². The zero-order chi connectivity index (χ0) is 52.4. The van der Waals surface area contributed by atoms with Crippen LogP contribution in [-0.4, -0.2) is 111 Å². The van der Waals surface area contributed by atoms with E-state index in [4.69, 9.17) is 9.47 Å². The number of hydrogen-bond donors (Lipinski definition) is 2. The minimum absolute atomic E-state index is 0.207. The first kappa shape index (κ1) is 58.4. The van der Waals surface area contributed by atoms with Crippen molar-refractivity contribution in [1.82, 2.24) is 0 Å². The van der Waals surface area contributed by atoms with Gasteiger partial charge in [0.05, 0.1) is 65.8 Å². The fourth-order valence-corrected chi connectivity index (χ4v) is 20.5. The Balaban J connectivity index is 0.770. The molecule has 0 aromatic heterocycles. The maximum absolute atomic E-state index is 10.3. The lowest BCUT2D eigenvalue weighted by Gasteiger charge is -2.58. The van der Waals surface area contributed by atoms with Gasteiger partial charge in [-0.1, -0.05) is 131 Å². The maximum Gasteiger partial charge on any atom is 0.102 e. The molecule has 2 N–H and O–H groups in total. The predicted molar refractivity (Wildman–Crippen MR) is 306 cm³/mol. The van der Waals surface area contributed by atoms with Gasteiger partial charge in [0, 0.05) is 6.42 Å². The van der Waals surface area contributed by atoms with Gasteiger partial charge < -0.3 is 28.7 Å². The number of nitrogens with zero attached hydrogens (tertiary/aromatic N) is 2. The zero-order valence-electron chi connectivity index (χ0n) is 50.2. The van der Waals surface area contributed by atoms with E-state index >= 15 is 0 Å². The summed E-state index contributed by atoms with van der Waals surface area (Å²) in [5, 5.41) is 20.6. The molecular formula is C67H120N2O4+2. The van der Waals surface area contributed by atoms with Crippen molar-refractivity contribution in [1.29, 1.82) is 0 Å². The summed E-state index contributed by atoms with van der Waals surface area (Å²) in [4.78, 5) is 0. The molecule has 2 unspecified atom stereocenters. The molecule has 0 amide bonds. The van der Waals surface area contributed by atoms with Crippen LogP contribution in [-0.2, 0) is 9.47 Å². The summed E-state index contributed by atoms with van der Waals surface area (Å²) in [5.41, 5.74) is 5.27. The molecular weight excluding hydrogens is 897 g/mol. The lowest BCUT2D eigenvalue weighted by atomic mass is 9.47. The van der Waals surface area contributed by atoms with Crippen LogP contribution in [0.3, 0.4) is 0 Å². The van der Waals surface area contributed by atoms with Crippen molar-refractivity contribution in [2.24, 2.45) is 92.7 Å². The van der Waals surface area contributed by atoms with Crippen LogP contribution in [0.4, 0.5) is 0 Å². The van der Waals surface area contributed by atoms with E-state index in [1.165, 1.54) is 128 Å². The molecule has 0 radical (unpaired) electrons. The quantitative estimate of drug-likeness (QED) is 0.0670. The average Bonchev–Trinajstić information content (AvgIpc) is 3.88. The Hall–Kier alpha value is -0.760. The zero-order valence-corrected chi connectivity index (χ0v) is 50.2. The van der Waals surface area contributed by atoms with Crippen molar-refractivity contribution in [3.63, 3.8) is 0 Å². The van der Waals surface area contributed by atoms with E-state index in [1.54, 1.807) is 11.1 Å². The molecule has 0 aromatic rings. The van der Waals surface area contributed by atoms with Gasteiger partial charge in [0.2, 0.25) is 0 Å². The maximum atomic E-state index is 10.3. The highest BCUT2D eigenvalue weighted by molar-refractivity contribution is 5.27. The second-order valence-electron chi connectivity index (χ2n) is 30.4. The minimum Gasteiger partial charge on any atom is -0.391 e. The van der Waals surface area contributed by atoms with Crippen molar-refractivity contribution >= 4 is 0 Å². The molecule has 420 valence electrons. The van der Waals surface area contributed by atoms with Crippen LogP contribution in [0.1, 0.15) is 217 Å². The van der Waals surface area contributed by atoms with E-state index in [0.717, 1.165) is 152 Å². The van der Waals surface area contributed by atoms with Gasteiger partial charge in [-0.2, -0.15) is 0 Å². The summed E-state index contributed by atoms with van der Waals surface area (Å²) < 4.78 is 15.4. The first-order valence-corrected chi connectivity index (χ1v) is 32.2. The Morgan fingerprint density at radius 1 is 0.493 bits per heavy atom. The molecule has 0 bridgehead atoms. The molecule has 18 atom stereocenters. The third-order valence-electron chi connectivity index (χ3n) is 25.2. The topological polar surface area (TPSA) is 58.9 Å². The van der Waals surface area contributed by atoms with Gasteiger partial charge in [-0.15, -0.1) is 0 Å². The van der Waals surface area contributed by atoms with Crippen LogP contribution in [0.25, 0.3) is 0 Å². The molecule has 73 heavy (non-hydrogen) atoms. The van der Waals surface area contributed by atoms with Gasteiger partial charge in [-0.25, -0.2) is 0 Å². The number of ether oxygens (including phenoxy) is 2. The van der Waals surface area contributed by atoms with Gasteiger partial charge >= 0.3 is 0 Å². The van der Waals surface area contributed by atoms with E-state index < -0.39 is 0 Å². The largest absolute Gasteiger partial charge is 0.391 e. The summed E-state index contributed by atoms with van der Waals surface area (Å²) in [7, 11) is 4.67. The molecule has 6 nitrogen and oxygen atoms in total. The number of aliphatic hydroxyl groups is 2. The van der Waals surface area contributed by atoms with Crippen LogP contribution in [0.2, 0.25) is 0 Å². The molecule has 6 fully saturated rings. The van der Waals surface area contributed by atoms with Crippen LogP contribution in [0.5, 0.6) is 0 Å². The number of allylic oxidation sites excluding steroid dienone is 2. The predicted octanol–water partition coefficient (Wildman–Crippen LogP) is 15.1. The second-order valence-corrected chi connectivity index (χ2v) is 30.4. The standard InChI is InChI=1S/C67H120N2O4/c1-48(2)16-13-18-50(5)58-24-26-60-56-22-20-52-46-54(28-32-64(52,7)62(56)30-34-66(58,60)9)72-44-40-68(11,38-42-70)36-15-37-69(12,39-43-71)41-45-73-55-29-33-65(8)53(47-55)21-23-57-61-27-25-59(51(6)19-14-17-49(3)4)67(61,10)35-31-63(57)65/h20-21,48-51,54-63,70-71H,13-19,22-47H2,1-12H3/q+2/t50-,51-,54+,55+,56+,57+,58-,59-,60+,61+,62+,63+,64+,65+,66-,67-,68?,69?/m1/s1.